The molecule has 1 N–H and O–H groups in total. The molecule has 2 rings (SSSR count). The van der Waals surface area contributed by atoms with Crippen LogP contribution in [0.4, 0.5) is 4.79 Å². The summed E-state index contributed by atoms with van der Waals surface area (Å²) in [4.78, 5) is 24.4. The third-order valence-corrected chi connectivity index (χ3v) is 4.99. The maximum Gasteiger partial charge on any atom is 0.408 e. The Morgan fingerprint density at radius 1 is 1.26 bits per heavy atom. The molecular weight excluding hydrogens is 314 g/mol. The SMILES string of the molecule is CCC1CCC(NC(=O)OCc2ccccc2)(C(=O)CCl)CC1. The highest BCUT2D eigenvalue weighted by Crippen LogP contribution is 2.34. The second-order valence-corrected chi connectivity index (χ2v) is 6.44. The number of Topliss-reactive ketones (excluding diaryl/α,β-unsaturated/α-hetero) is 1. The van der Waals surface area contributed by atoms with Gasteiger partial charge in [-0.3, -0.25) is 4.79 Å². The second kappa shape index (κ2) is 8.34. The van der Waals surface area contributed by atoms with Crippen molar-refractivity contribution in [3.8, 4) is 0 Å². The smallest absolute Gasteiger partial charge is 0.408 e. The Hall–Kier alpha value is -1.55. The van der Waals surface area contributed by atoms with Crippen molar-refractivity contribution in [1.82, 2.24) is 5.32 Å². The second-order valence-electron chi connectivity index (χ2n) is 6.18. The number of carbonyl (C=O) groups excluding carboxylic acids is 2. The van der Waals surface area contributed by atoms with Crippen LogP contribution < -0.4 is 5.32 Å². The molecule has 4 nitrogen and oxygen atoms in total. The first kappa shape index (κ1) is 17.8. The van der Waals surface area contributed by atoms with E-state index < -0.39 is 11.6 Å². The number of hydrogen-bond acceptors (Lipinski definition) is 3. The van der Waals surface area contributed by atoms with E-state index in [9.17, 15) is 9.59 Å². The first-order chi connectivity index (χ1) is 11.1. The number of amides is 1. The standard InChI is InChI=1S/C18H24ClNO3/c1-2-14-8-10-18(11-9-14,16(21)12-19)20-17(22)23-13-15-6-4-3-5-7-15/h3-7,14H,2,8-13H2,1H3,(H,20,22). The summed E-state index contributed by atoms with van der Waals surface area (Å²) in [7, 11) is 0. The molecule has 0 saturated heterocycles. The normalized spacial score (nSPS) is 24.0. The lowest BCUT2D eigenvalue weighted by atomic mass is 9.73. The number of benzene rings is 1. The van der Waals surface area contributed by atoms with Crippen LogP contribution in [0.15, 0.2) is 30.3 Å². The van der Waals surface area contributed by atoms with Gasteiger partial charge < -0.3 is 10.1 Å². The topological polar surface area (TPSA) is 55.4 Å². The summed E-state index contributed by atoms with van der Waals surface area (Å²) in [5, 5.41) is 2.80. The fourth-order valence-electron chi connectivity index (χ4n) is 3.13. The number of nitrogens with one attached hydrogen (secondary N) is 1. The Bertz CT molecular complexity index is 524. The molecule has 0 atom stereocenters. The maximum atomic E-state index is 12.3. The van der Waals surface area contributed by atoms with Crippen LogP contribution in [-0.4, -0.2) is 23.3 Å². The Morgan fingerprint density at radius 2 is 1.91 bits per heavy atom. The zero-order valence-electron chi connectivity index (χ0n) is 13.5. The highest BCUT2D eigenvalue weighted by molar-refractivity contribution is 6.29. The van der Waals surface area contributed by atoms with Crippen molar-refractivity contribution in [2.45, 2.75) is 51.2 Å². The minimum atomic E-state index is -0.860. The molecule has 1 amide bonds. The van der Waals surface area contributed by atoms with Crippen LogP contribution in [0.2, 0.25) is 0 Å². The van der Waals surface area contributed by atoms with Gasteiger partial charge in [0.05, 0.1) is 5.88 Å². The van der Waals surface area contributed by atoms with Gasteiger partial charge >= 0.3 is 6.09 Å². The predicted octanol–water partition coefficient (Wildman–Crippen LogP) is 4.06. The number of ketones is 1. The highest BCUT2D eigenvalue weighted by atomic mass is 35.5. The van der Waals surface area contributed by atoms with E-state index >= 15 is 0 Å². The van der Waals surface area contributed by atoms with Gasteiger partial charge in [0.1, 0.15) is 12.1 Å². The Morgan fingerprint density at radius 3 is 2.48 bits per heavy atom. The summed E-state index contributed by atoms with van der Waals surface area (Å²) < 4.78 is 5.26. The molecule has 1 aliphatic rings. The van der Waals surface area contributed by atoms with E-state index in [0.29, 0.717) is 18.8 Å². The van der Waals surface area contributed by atoms with Crippen LogP contribution in [0, 0.1) is 5.92 Å². The van der Waals surface area contributed by atoms with Crippen LogP contribution in [0.5, 0.6) is 0 Å². The molecule has 0 heterocycles. The fourth-order valence-corrected chi connectivity index (χ4v) is 3.39. The summed E-state index contributed by atoms with van der Waals surface area (Å²) in [6.07, 6.45) is 3.68. The zero-order chi connectivity index (χ0) is 16.7. The molecule has 1 aliphatic carbocycles. The van der Waals surface area contributed by atoms with E-state index in [1.807, 2.05) is 30.3 Å². The number of carbonyl (C=O) groups is 2. The lowest BCUT2D eigenvalue weighted by Crippen LogP contribution is -2.57. The van der Waals surface area contributed by atoms with Crippen LogP contribution in [0.3, 0.4) is 0 Å². The van der Waals surface area contributed by atoms with Gasteiger partial charge in [0.15, 0.2) is 5.78 Å². The van der Waals surface area contributed by atoms with Gasteiger partial charge in [-0.1, -0.05) is 43.7 Å². The van der Waals surface area contributed by atoms with Crippen LogP contribution in [0.25, 0.3) is 0 Å². The van der Waals surface area contributed by atoms with Crippen molar-refractivity contribution in [3.05, 3.63) is 35.9 Å². The molecule has 0 radical (unpaired) electrons. The highest BCUT2D eigenvalue weighted by Gasteiger charge is 2.42. The average Bonchev–Trinajstić information content (AvgIpc) is 2.60. The van der Waals surface area contributed by atoms with E-state index in [1.54, 1.807) is 0 Å². The van der Waals surface area contributed by atoms with Gasteiger partial charge in [0.25, 0.3) is 0 Å². The molecule has 0 bridgehead atoms. The molecule has 1 saturated carbocycles. The molecule has 0 aliphatic heterocycles. The largest absolute Gasteiger partial charge is 0.445 e. The molecule has 0 aromatic heterocycles. The van der Waals surface area contributed by atoms with E-state index in [1.165, 1.54) is 0 Å². The van der Waals surface area contributed by atoms with Crippen molar-refractivity contribution in [2.24, 2.45) is 5.92 Å². The number of rotatable bonds is 6. The number of alkyl halides is 1. The molecule has 0 spiro atoms. The van der Waals surface area contributed by atoms with Gasteiger partial charge in [-0.15, -0.1) is 11.6 Å². The Labute approximate surface area is 142 Å². The van der Waals surface area contributed by atoms with E-state index in [0.717, 1.165) is 24.8 Å². The summed E-state index contributed by atoms with van der Waals surface area (Å²) in [6.45, 7) is 2.35. The third-order valence-electron chi connectivity index (χ3n) is 4.75. The first-order valence-corrected chi connectivity index (χ1v) is 8.71. The monoisotopic (exact) mass is 337 g/mol. The summed E-state index contributed by atoms with van der Waals surface area (Å²) in [6, 6.07) is 9.46. The lowest BCUT2D eigenvalue weighted by molar-refractivity contribution is -0.124. The lowest BCUT2D eigenvalue weighted by Gasteiger charge is -2.38. The number of alkyl carbamates (subject to hydrolysis) is 1. The van der Waals surface area contributed by atoms with E-state index in [2.05, 4.69) is 12.2 Å². The van der Waals surface area contributed by atoms with Crippen molar-refractivity contribution in [2.75, 3.05) is 5.88 Å². The Balaban J connectivity index is 1.95. The van der Waals surface area contributed by atoms with Crippen molar-refractivity contribution >= 4 is 23.5 Å². The molecule has 23 heavy (non-hydrogen) atoms. The minimum absolute atomic E-state index is 0.0875. The molecule has 1 aromatic carbocycles. The number of hydrogen-bond donors (Lipinski definition) is 1. The Kier molecular flexibility index (Phi) is 6.46. The molecule has 1 aromatic rings. The van der Waals surface area contributed by atoms with Crippen LogP contribution >= 0.6 is 11.6 Å². The zero-order valence-corrected chi connectivity index (χ0v) is 14.3. The predicted molar refractivity (Wildman–Crippen MR) is 90.5 cm³/mol. The first-order valence-electron chi connectivity index (χ1n) is 8.18. The quantitative estimate of drug-likeness (QED) is 0.796. The summed E-state index contributed by atoms with van der Waals surface area (Å²) in [5.41, 5.74) is 0.0522. The molecule has 126 valence electrons. The summed E-state index contributed by atoms with van der Waals surface area (Å²) >= 11 is 5.76. The van der Waals surface area contributed by atoms with Gasteiger partial charge in [-0.2, -0.15) is 0 Å². The van der Waals surface area contributed by atoms with Crippen molar-refractivity contribution in [3.63, 3.8) is 0 Å². The van der Waals surface area contributed by atoms with Crippen molar-refractivity contribution in [1.29, 1.82) is 0 Å². The van der Waals surface area contributed by atoms with E-state index in [4.69, 9.17) is 16.3 Å². The molecular formula is C18H24ClNO3. The molecule has 5 heteroatoms. The molecule has 0 unspecified atom stereocenters. The third kappa shape index (κ3) is 4.71. The van der Waals surface area contributed by atoms with Gasteiger partial charge in [-0.25, -0.2) is 4.79 Å². The summed E-state index contributed by atoms with van der Waals surface area (Å²) in [5.74, 6) is 0.411. The van der Waals surface area contributed by atoms with Crippen molar-refractivity contribution < 1.29 is 14.3 Å². The molecule has 1 fully saturated rings. The number of halogens is 1. The van der Waals surface area contributed by atoms with Gasteiger partial charge in [0.2, 0.25) is 0 Å². The van der Waals surface area contributed by atoms with Gasteiger partial charge in [0, 0.05) is 0 Å². The fraction of sp³-hybridized carbons (Fsp3) is 0.556. The van der Waals surface area contributed by atoms with E-state index in [-0.39, 0.29) is 18.3 Å². The average molecular weight is 338 g/mol. The van der Waals surface area contributed by atoms with Crippen LogP contribution in [0.1, 0.15) is 44.6 Å². The van der Waals surface area contributed by atoms with Gasteiger partial charge in [-0.05, 0) is 37.2 Å². The maximum absolute atomic E-state index is 12.3. The number of ether oxygens (including phenoxy) is 1. The van der Waals surface area contributed by atoms with Crippen LogP contribution in [-0.2, 0) is 16.1 Å². The minimum Gasteiger partial charge on any atom is -0.445 e.